The van der Waals surface area contributed by atoms with Gasteiger partial charge in [-0.05, 0) is 19.8 Å². The van der Waals surface area contributed by atoms with E-state index in [0.717, 1.165) is 19.4 Å². The van der Waals surface area contributed by atoms with Gasteiger partial charge in [0.05, 0.1) is 18.1 Å². The molecule has 0 aromatic carbocycles. The summed E-state index contributed by atoms with van der Waals surface area (Å²) in [4.78, 5) is 22.9. The third-order valence-electron chi connectivity index (χ3n) is 3.21. The van der Waals surface area contributed by atoms with Gasteiger partial charge in [-0.3, -0.25) is 9.59 Å². The molecular formula is C11H18N2O3. The lowest BCUT2D eigenvalue weighted by Gasteiger charge is -2.35. The predicted molar refractivity (Wildman–Crippen MR) is 57.7 cm³/mol. The Labute approximate surface area is 94.9 Å². The first-order valence-electron chi connectivity index (χ1n) is 5.75. The van der Waals surface area contributed by atoms with E-state index in [1.807, 2.05) is 6.92 Å². The van der Waals surface area contributed by atoms with E-state index >= 15 is 0 Å². The van der Waals surface area contributed by atoms with E-state index in [2.05, 4.69) is 10.6 Å². The molecule has 90 valence electrons. The average Bonchev–Trinajstić information content (AvgIpc) is 2.65. The molecule has 2 saturated heterocycles. The molecule has 2 aliphatic rings. The Morgan fingerprint density at radius 3 is 3.00 bits per heavy atom. The molecule has 0 saturated carbocycles. The molecule has 2 atom stereocenters. The minimum Gasteiger partial charge on any atom is -0.379 e. The smallest absolute Gasteiger partial charge is 0.225 e. The van der Waals surface area contributed by atoms with Crippen molar-refractivity contribution < 1.29 is 14.3 Å². The van der Waals surface area contributed by atoms with Crippen LogP contribution in [0, 0.1) is 5.92 Å². The van der Waals surface area contributed by atoms with Crippen LogP contribution in [0.5, 0.6) is 0 Å². The molecule has 16 heavy (non-hydrogen) atoms. The maximum Gasteiger partial charge on any atom is 0.225 e. The van der Waals surface area contributed by atoms with Gasteiger partial charge in [0.2, 0.25) is 11.8 Å². The molecule has 2 heterocycles. The SMILES string of the molecule is CC1(NC(=O)C2CNC(=O)C2)CCCOC1. The highest BCUT2D eigenvalue weighted by Gasteiger charge is 2.34. The van der Waals surface area contributed by atoms with Crippen LogP contribution in [0.25, 0.3) is 0 Å². The molecule has 0 aromatic rings. The van der Waals surface area contributed by atoms with Crippen LogP contribution in [-0.4, -0.2) is 37.1 Å². The third-order valence-corrected chi connectivity index (χ3v) is 3.21. The van der Waals surface area contributed by atoms with E-state index in [4.69, 9.17) is 4.74 Å². The molecule has 0 bridgehead atoms. The van der Waals surface area contributed by atoms with Crippen LogP contribution in [-0.2, 0) is 14.3 Å². The number of carbonyl (C=O) groups excluding carboxylic acids is 2. The van der Waals surface area contributed by atoms with Crippen molar-refractivity contribution in [3.05, 3.63) is 0 Å². The summed E-state index contributed by atoms with van der Waals surface area (Å²) in [5, 5.41) is 5.67. The topological polar surface area (TPSA) is 67.4 Å². The molecule has 2 rings (SSSR count). The van der Waals surface area contributed by atoms with Gasteiger partial charge < -0.3 is 15.4 Å². The summed E-state index contributed by atoms with van der Waals surface area (Å²) in [6.07, 6.45) is 2.22. The lowest BCUT2D eigenvalue weighted by atomic mass is 9.93. The molecule has 2 N–H and O–H groups in total. The van der Waals surface area contributed by atoms with Crippen molar-refractivity contribution in [3.8, 4) is 0 Å². The molecule has 2 unspecified atom stereocenters. The number of hydrogen-bond acceptors (Lipinski definition) is 3. The number of carbonyl (C=O) groups is 2. The maximum absolute atomic E-state index is 11.9. The van der Waals surface area contributed by atoms with Crippen LogP contribution >= 0.6 is 0 Å². The van der Waals surface area contributed by atoms with E-state index in [0.29, 0.717) is 19.6 Å². The van der Waals surface area contributed by atoms with Gasteiger partial charge >= 0.3 is 0 Å². The van der Waals surface area contributed by atoms with Gasteiger partial charge in [-0.1, -0.05) is 0 Å². The molecule has 5 nitrogen and oxygen atoms in total. The van der Waals surface area contributed by atoms with E-state index < -0.39 is 0 Å². The first-order chi connectivity index (χ1) is 7.59. The van der Waals surface area contributed by atoms with E-state index in [1.165, 1.54) is 0 Å². The monoisotopic (exact) mass is 226 g/mol. The first-order valence-corrected chi connectivity index (χ1v) is 5.75. The zero-order valence-corrected chi connectivity index (χ0v) is 9.54. The Hall–Kier alpha value is -1.10. The van der Waals surface area contributed by atoms with Gasteiger partial charge in [0.25, 0.3) is 0 Å². The molecule has 2 amide bonds. The Morgan fingerprint density at radius 2 is 2.44 bits per heavy atom. The molecule has 0 spiro atoms. The van der Waals surface area contributed by atoms with E-state index in [1.54, 1.807) is 0 Å². The van der Waals surface area contributed by atoms with Crippen molar-refractivity contribution in [1.29, 1.82) is 0 Å². The van der Waals surface area contributed by atoms with Crippen molar-refractivity contribution >= 4 is 11.8 Å². The summed E-state index contributed by atoms with van der Waals surface area (Å²) in [6, 6.07) is 0. The molecule has 5 heteroatoms. The van der Waals surface area contributed by atoms with Gasteiger partial charge in [-0.25, -0.2) is 0 Å². The summed E-state index contributed by atoms with van der Waals surface area (Å²) < 4.78 is 5.37. The van der Waals surface area contributed by atoms with E-state index in [9.17, 15) is 9.59 Å². The largest absolute Gasteiger partial charge is 0.379 e. The fourth-order valence-corrected chi connectivity index (χ4v) is 2.22. The predicted octanol–water partition coefficient (Wildman–Crippen LogP) is -0.192. The van der Waals surface area contributed by atoms with E-state index in [-0.39, 0.29) is 23.3 Å². The average molecular weight is 226 g/mol. The van der Waals surface area contributed by atoms with Gasteiger partial charge in [0.15, 0.2) is 0 Å². The van der Waals surface area contributed by atoms with Gasteiger partial charge in [0.1, 0.15) is 0 Å². The third kappa shape index (κ3) is 2.52. The van der Waals surface area contributed by atoms with Crippen LogP contribution in [0.1, 0.15) is 26.2 Å². The summed E-state index contributed by atoms with van der Waals surface area (Å²) in [7, 11) is 0. The second-order valence-electron chi connectivity index (χ2n) is 4.91. The number of nitrogens with one attached hydrogen (secondary N) is 2. The van der Waals surface area contributed by atoms with Crippen LogP contribution in [0.3, 0.4) is 0 Å². The summed E-state index contributed by atoms with van der Waals surface area (Å²) in [5.41, 5.74) is -0.263. The maximum atomic E-state index is 11.9. The van der Waals surface area contributed by atoms with Gasteiger partial charge in [-0.2, -0.15) is 0 Å². The van der Waals surface area contributed by atoms with Crippen molar-refractivity contribution in [2.75, 3.05) is 19.8 Å². The Kier molecular flexibility index (Phi) is 3.14. The summed E-state index contributed by atoms with van der Waals surface area (Å²) in [6.45, 7) is 3.79. The molecular weight excluding hydrogens is 208 g/mol. The van der Waals surface area contributed by atoms with Gasteiger partial charge in [-0.15, -0.1) is 0 Å². The van der Waals surface area contributed by atoms with Crippen LogP contribution in [0.15, 0.2) is 0 Å². The second kappa shape index (κ2) is 4.41. The zero-order chi connectivity index (χ0) is 11.6. The second-order valence-corrected chi connectivity index (χ2v) is 4.91. The Bertz CT molecular complexity index is 298. The number of rotatable bonds is 2. The zero-order valence-electron chi connectivity index (χ0n) is 9.54. The molecule has 0 aromatic heterocycles. The quantitative estimate of drug-likeness (QED) is 0.685. The van der Waals surface area contributed by atoms with Gasteiger partial charge in [0, 0.05) is 19.6 Å². The minimum atomic E-state index is -0.263. The highest BCUT2D eigenvalue weighted by molar-refractivity contribution is 5.89. The highest BCUT2D eigenvalue weighted by Crippen LogP contribution is 2.20. The Morgan fingerprint density at radius 1 is 1.62 bits per heavy atom. The Balaban J connectivity index is 1.88. The molecule has 2 aliphatic heterocycles. The minimum absolute atomic E-state index is 0.0358. The standard InChI is InChI=1S/C11H18N2O3/c1-11(3-2-4-16-7-11)13-10(15)8-5-9(14)12-6-8/h8H,2-7H2,1H3,(H,12,14)(H,13,15). The summed E-state index contributed by atoms with van der Waals surface area (Å²) in [5.74, 6) is -0.289. The lowest BCUT2D eigenvalue weighted by molar-refractivity contribution is -0.129. The lowest BCUT2D eigenvalue weighted by Crippen LogP contribution is -2.53. The van der Waals surface area contributed by atoms with Crippen molar-refractivity contribution in [1.82, 2.24) is 10.6 Å². The molecule has 0 aliphatic carbocycles. The van der Waals surface area contributed by atoms with Crippen LogP contribution in [0.2, 0.25) is 0 Å². The number of hydrogen-bond donors (Lipinski definition) is 2. The van der Waals surface area contributed by atoms with Crippen molar-refractivity contribution in [2.45, 2.75) is 31.7 Å². The normalized spacial score (nSPS) is 34.6. The fourth-order valence-electron chi connectivity index (χ4n) is 2.22. The first kappa shape index (κ1) is 11.4. The van der Waals surface area contributed by atoms with Crippen LogP contribution in [0.4, 0.5) is 0 Å². The number of amides is 2. The molecule has 0 radical (unpaired) electrons. The molecule has 2 fully saturated rings. The van der Waals surface area contributed by atoms with Crippen molar-refractivity contribution in [2.24, 2.45) is 5.92 Å². The number of ether oxygens (including phenoxy) is 1. The fraction of sp³-hybridized carbons (Fsp3) is 0.818. The van der Waals surface area contributed by atoms with Crippen molar-refractivity contribution in [3.63, 3.8) is 0 Å². The van der Waals surface area contributed by atoms with Crippen LogP contribution < -0.4 is 10.6 Å². The summed E-state index contributed by atoms with van der Waals surface area (Å²) >= 11 is 0. The highest BCUT2D eigenvalue weighted by atomic mass is 16.5.